The number of hydrogen-bond donors (Lipinski definition) is 1. The predicted octanol–water partition coefficient (Wildman–Crippen LogP) is 3.77. The summed E-state index contributed by atoms with van der Waals surface area (Å²) in [6, 6.07) is 11.9. The molecule has 27 heavy (non-hydrogen) atoms. The number of nitrogens with zero attached hydrogens (tertiary/aromatic N) is 2. The highest BCUT2D eigenvalue weighted by Crippen LogP contribution is 2.24. The molecule has 5 nitrogen and oxygen atoms in total. The molecule has 1 aromatic heterocycles. The van der Waals surface area contributed by atoms with Gasteiger partial charge in [0.25, 0.3) is 5.91 Å². The molecule has 1 N–H and O–H groups in total. The average Bonchev–Trinajstić information content (AvgIpc) is 2.93. The summed E-state index contributed by atoms with van der Waals surface area (Å²) in [5.41, 5.74) is 1.84. The Labute approximate surface area is 162 Å². The quantitative estimate of drug-likeness (QED) is 0.808. The van der Waals surface area contributed by atoms with Crippen molar-refractivity contribution in [2.45, 2.75) is 38.6 Å². The Morgan fingerprint density at radius 1 is 1.11 bits per heavy atom. The fourth-order valence-corrected chi connectivity index (χ4v) is 3.87. The maximum absolute atomic E-state index is 12.8. The van der Waals surface area contributed by atoms with E-state index in [-0.39, 0.29) is 11.9 Å². The van der Waals surface area contributed by atoms with Crippen LogP contribution in [0.15, 0.2) is 42.6 Å². The number of amides is 1. The number of carbonyl (C=O) groups excluding carboxylic acids is 1. The van der Waals surface area contributed by atoms with E-state index in [1.54, 1.807) is 0 Å². The van der Waals surface area contributed by atoms with Crippen molar-refractivity contribution in [1.29, 1.82) is 0 Å². The Kier molecular flexibility index (Phi) is 6.93. The number of likely N-dealkylation sites (tertiary alicyclic amines) is 1. The van der Waals surface area contributed by atoms with Crippen molar-refractivity contribution in [3.63, 3.8) is 0 Å². The number of aryl methyl sites for hydroxylation is 1. The highest BCUT2D eigenvalue weighted by molar-refractivity contribution is 5.96. The molecule has 0 saturated carbocycles. The Morgan fingerprint density at radius 3 is 2.52 bits per heavy atom. The number of rotatable bonds is 7. The summed E-state index contributed by atoms with van der Waals surface area (Å²) in [5, 5.41) is 3.16. The van der Waals surface area contributed by atoms with Crippen LogP contribution in [0.1, 0.15) is 54.7 Å². The normalized spacial score (nSPS) is 16.5. The van der Waals surface area contributed by atoms with Crippen molar-refractivity contribution in [3.8, 4) is 5.75 Å². The van der Waals surface area contributed by atoms with Crippen molar-refractivity contribution in [3.05, 3.63) is 53.9 Å². The van der Waals surface area contributed by atoms with Gasteiger partial charge in [-0.2, -0.15) is 0 Å². The summed E-state index contributed by atoms with van der Waals surface area (Å²) in [6.07, 6.45) is 7.12. The number of carbonyl (C=O) groups is 1. The van der Waals surface area contributed by atoms with E-state index in [9.17, 15) is 4.79 Å². The highest BCUT2D eigenvalue weighted by Gasteiger charge is 2.24. The van der Waals surface area contributed by atoms with Crippen LogP contribution < -0.4 is 10.1 Å². The Bertz CT molecular complexity index is 733. The summed E-state index contributed by atoms with van der Waals surface area (Å²) in [5.74, 6) is 0.566. The maximum atomic E-state index is 12.8. The molecule has 146 valence electrons. The zero-order chi connectivity index (χ0) is 19.1. The summed E-state index contributed by atoms with van der Waals surface area (Å²) in [7, 11) is 2.08. The molecule has 0 radical (unpaired) electrons. The van der Waals surface area contributed by atoms with Gasteiger partial charge in [0, 0.05) is 25.5 Å². The van der Waals surface area contributed by atoms with Crippen molar-refractivity contribution < 1.29 is 9.53 Å². The molecule has 3 rings (SSSR count). The first-order chi connectivity index (χ1) is 13.2. The van der Waals surface area contributed by atoms with E-state index < -0.39 is 0 Å². The van der Waals surface area contributed by atoms with Crippen LogP contribution in [-0.2, 0) is 7.05 Å². The van der Waals surface area contributed by atoms with Gasteiger partial charge in [-0.25, -0.2) is 0 Å². The molecular weight excluding hydrogens is 338 g/mol. The van der Waals surface area contributed by atoms with Gasteiger partial charge in [-0.1, -0.05) is 25.0 Å². The number of aromatic nitrogens is 1. The van der Waals surface area contributed by atoms with Crippen LogP contribution in [0, 0.1) is 0 Å². The minimum Gasteiger partial charge on any atom is -0.493 e. The molecule has 0 spiro atoms. The lowest BCUT2D eigenvalue weighted by molar-refractivity contribution is 0.0927. The van der Waals surface area contributed by atoms with Crippen LogP contribution in [0.25, 0.3) is 0 Å². The van der Waals surface area contributed by atoms with Gasteiger partial charge in [-0.15, -0.1) is 0 Å². The largest absolute Gasteiger partial charge is 0.493 e. The highest BCUT2D eigenvalue weighted by atomic mass is 16.5. The molecule has 1 fully saturated rings. The van der Waals surface area contributed by atoms with E-state index >= 15 is 0 Å². The summed E-state index contributed by atoms with van der Waals surface area (Å²) in [4.78, 5) is 15.4. The third-order valence-electron chi connectivity index (χ3n) is 5.29. The lowest BCUT2D eigenvalue weighted by atomic mass is 10.1. The molecule has 5 heteroatoms. The van der Waals surface area contributed by atoms with E-state index in [0.717, 1.165) is 13.1 Å². The van der Waals surface area contributed by atoms with Gasteiger partial charge in [0.05, 0.1) is 18.2 Å². The minimum absolute atomic E-state index is 0.0759. The Morgan fingerprint density at radius 2 is 1.85 bits per heavy atom. The van der Waals surface area contributed by atoms with Crippen LogP contribution >= 0.6 is 0 Å². The Balaban J connectivity index is 1.74. The van der Waals surface area contributed by atoms with Crippen molar-refractivity contribution in [1.82, 2.24) is 14.8 Å². The van der Waals surface area contributed by atoms with Gasteiger partial charge < -0.3 is 14.6 Å². The molecule has 1 aromatic carbocycles. The maximum Gasteiger partial charge on any atom is 0.255 e. The number of benzene rings is 1. The second kappa shape index (κ2) is 9.60. The minimum atomic E-state index is -0.0759. The van der Waals surface area contributed by atoms with Gasteiger partial charge in [0.15, 0.2) is 0 Å². The molecule has 2 aromatic rings. The van der Waals surface area contributed by atoms with Gasteiger partial charge in [-0.05, 0) is 57.1 Å². The van der Waals surface area contributed by atoms with E-state index in [0.29, 0.717) is 24.5 Å². The molecule has 1 saturated heterocycles. The second-order valence-corrected chi connectivity index (χ2v) is 7.15. The van der Waals surface area contributed by atoms with Crippen molar-refractivity contribution >= 4 is 5.91 Å². The van der Waals surface area contributed by atoms with Gasteiger partial charge in [0.1, 0.15) is 5.75 Å². The van der Waals surface area contributed by atoms with Crippen LogP contribution in [0.3, 0.4) is 0 Å². The lowest BCUT2D eigenvalue weighted by Crippen LogP contribution is -2.39. The van der Waals surface area contributed by atoms with Crippen LogP contribution in [0.5, 0.6) is 5.75 Å². The zero-order valence-corrected chi connectivity index (χ0v) is 16.5. The summed E-state index contributed by atoms with van der Waals surface area (Å²) < 4.78 is 7.78. The van der Waals surface area contributed by atoms with Crippen LogP contribution in [0.4, 0.5) is 0 Å². The molecule has 1 amide bonds. The molecule has 1 unspecified atom stereocenters. The van der Waals surface area contributed by atoms with Crippen molar-refractivity contribution in [2.75, 3.05) is 26.2 Å². The molecule has 1 aliphatic rings. The third-order valence-corrected chi connectivity index (χ3v) is 5.29. The average molecular weight is 370 g/mol. The molecule has 0 aliphatic carbocycles. The summed E-state index contributed by atoms with van der Waals surface area (Å²) in [6.45, 7) is 5.24. The second-order valence-electron chi connectivity index (χ2n) is 7.15. The standard InChI is InChI=1S/C22H31N3O2/c1-3-27-21-13-7-6-11-18(21)22(26)23-17-20(19-12-10-14-24(19)2)25-15-8-4-5-9-16-25/h6-7,10-14,20H,3-5,8-9,15-17H2,1-2H3,(H,23,26). The van der Waals surface area contributed by atoms with Crippen LogP contribution in [-0.4, -0.2) is 41.6 Å². The summed E-state index contributed by atoms with van der Waals surface area (Å²) >= 11 is 0. The van der Waals surface area contributed by atoms with Gasteiger partial charge in [-0.3, -0.25) is 9.69 Å². The van der Waals surface area contributed by atoms with Gasteiger partial charge in [0.2, 0.25) is 0 Å². The van der Waals surface area contributed by atoms with E-state index in [4.69, 9.17) is 4.74 Å². The smallest absolute Gasteiger partial charge is 0.255 e. The first kappa shape index (κ1) is 19.5. The SMILES string of the molecule is CCOc1ccccc1C(=O)NCC(c1cccn1C)N1CCCCCC1. The Hall–Kier alpha value is -2.27. The zero-order valence-electron chi connectivity index (χ0n) is 16.5. The van der Waals surface area contributed by atoms with Crippen LogP contribution in [0.2, 0.25) is 0 Å². The fourth-order valence-electron chi connectivity index (χ4n) is 3.87. The molecule has 2 heterocycles. The van der Waals surface area contributed by atoms with E-state index in [2.05, 4.69) is 40.2 Å². The number of ether oxygens (including phenoxy) is 1. The molecular formula is C22H31N3O2. The van der Waals surface area contributed by atoms with Gasteiger partial charge >= 0.3 is 0 Å². The van der Waals surface area contributed by atoms with E-state index in [1.165, 1.54) is 31.4 Å². The predicted molar refractivity (Wildman–Crippen MR) is 108 cm³/mol. The number of hydrogen-bond acceptors (Lipinski definition) is 3. The topological polar surface area (TPSA) is 46.5 Å². The first-order valence-corrected chi connectivity index (χ1v) is 10.1. The molecule has 1 aliphatic heterocycles. The van der Waals surface area contributed by atoms with Crippen molar-refractivity contribution in [2.24, 2.45) is 7.05 Å². The first-order valence-electron chi connectivity index (χ1n) is 10.1. The fraction of sp³-hybridized carbons (Fsp3) is 0.500. The van der Waals surface area contributed by atoms with E-state index in [1.807, 2.05) is 31.2 Å². The number of nitrogens with one attached hydrogen (secondary N) is 1. The number of para-hydroxylation sites is 1. The lowest BCUT2D eigenvalue weighted by Gasteiger charge is -2.31. The third kappa shape index (κ3) is 4.92. The monoisotopic (exact) mass is 369 g/mol. The molecule has 1 atom stereocenters. The molecule has 0 bridgehead atoms.